The second-order valence-electron chi connectivity index (χ2n) is 3.89. The summed E-state index contributed by atoms with van der Waals surface area (Å²) < 4.78 is 0. The van der Waals surface area contributed by atoms with E-state index in [-0.39, 0.29) is 0 Å². The lowest BCUT2D eigenvalue weighted by atomic mass is 10.0. The normalized spacial score (nSPS) is 30.6. The topological polar surface area (TPSA) is 0 Å². The number of rotatable bonds is 0. The Bertz CT molecular complexity index is 124. The van der Waals surface area contributed by atoms with Crippen molar-refractivity contribution in [3.05, 3.63) is 19.1 Å². The molecule has 1 rings (SSSR count). The summed E-state index contributed by atoms with van der Waals surface area (Å²) in [6.45, 7) is 4.12. The molecule has 1 aliphatic carbocycles. The number of hydrogen-bond donors (Lipinski definition) is 0. The van der Waals surface area contributed by atoms with Crippen molar-refractivity contribution in [1.82, 2.24) is 0 Å². The van der Waals surface area contributed by atoms with Crippen LogP contribution in [0.1, 0.15) is 51.4 Å². The van der Waals surface area contributed by atoms with E-state index in [1.54, 1.807) is 0 Å². The summed E-state index contributed by atoms with van der Waals surface area (Å²) in [6.07, 6.45) is 15.6. The highest BCUT2D eigenvalue weighted by Crippen LogP contribution is 2.15. The minimum absolute atomic E-state index is 0.572. The van der Waals surface area contributed by atoms with Gasteiger partial charge in [-0.05, 0) is 32.1 Å². The summed E-state index contributed by atoms with van der Waals surface area (Å²) in [7, 11) is 0. The third kappa shape index (κ3) is 4.58. The van der Waals surface area contributed by atoms with Gasteiger partial charge < -0.3 is 0 Å². The van der Waals surface area contributed by atoms with Gasteiger partial charge in [0.2, 0.25) is 0 Å². The van der Waals surface area contributed by atoms with E-state index in [1.807, 2.05) is 0 Å². The Morgan fingerprint density at radius 3 is 2.42 bits per heavy atom. The maximum Gasteiger partial charge on any atom is -0.0233 e. The van der Waals surface area contributed by atoms with Gasteiger partial charge in [-0.25, -0.2) is 0 Å². The van der Waals surface area contributed by atoms with Crippen LogP contribution in [0.25, 0.3) is 0 Å². The predicted molar refractivity (Wildman–Crippen MR) is 54.9 cm³/mol. The largest absolute Gasteiger partial charge is 0.0883 e. The van der Waals surface area contributed by atoms with Crippen LogP contribution in [0.2, 0.25) is 0 Å². The van der Waals surface area contributed by atoms with Gasteiger partial charge in [0, 0.05) is 0 Å². The second-order valence-corrected chi connectivity index (χ2v) is 3.89. The fourth-order valence-electron chi connectivity index (χ4n) is 1.76. The van der Waals surface area contributed by atoms with E-state index in [9.17, 15) is 0 Å². The molecular weight excluding hydrogens is 144 g/mol. The Balaban J connectivity index is 2.24. The summed E-state index contributed by atoms with van der Waals surface area (Å²) in [5.74, 6) is 0.572. The molecule has 0 bridgehead atoms. The lowest BCUT2D eigenvalue weighted by molar-refractivity contribution is 0.564. The van der Waals surface area contributed by atoms with Gasteiger partial charge in [-0.3, -0.25) is 0 Å². The van der Waals surface area contributed by atoms with Crippen molar-refractivity contribution in [2.75, 3.05) is 0 Å². The Morgan fingerprint density at radius 2 is 1.58 bits per heavy atom. The third-order valence-corrected chi connectivity index (χ3v) is 2.60. The maximum atomic E-state index is 4.12. The van der Waals surface area contributed by atoms with Crippen molar-refractivity contribution in [2.45, 2.75) is 51.4 Å². The molecule has 0 aromatic heterocycles. The fourth-order valence-corrected chi connectivity index (χ4v) is 1.76. The molecule has 0 amide bonds. The summed E-state index contributed by atoms with van der Waals surface area (Å²) >= 11 is 0. The van der Waals surface area contributed by atoms with Gasteiger partial charge >= 0.3 is 0 Å². The van der Waals surface area contributed by atoms with E-state index in [1.165, 1.54) is 51.4 Å². The molecule has 1 aliphatic rings. The third-order valence-electron chi connectivity index (χ3n) is 2.60. The van der Waals surface area contributed by atoms with Gasteiger partial charge in [0.1, 0.15) is 0 Å². The van der Waals surface area contributed by atoms with Crippen molar-refractivity contribution in [1.29, 1.82) is 0 Å². The zero-order valence-electron chi connectivity index (χ0n) is 8.10. The van der Waals surface area contributed by atoms with E-state index >= 15 is 0 Å². The Labute approximate surface area is 77.1 Å². The minimum atomic E-state index is 0.572. The monoisotopic (exact) mass is 165 g/mol. The maximum absolute atomic E-state index is 4.12. The van der Waals surface area contributed by atoms with Gasteiger partial charge in [0.25, 0.3) is 0 Å². The van der Waals surface area contributed by atoms with Crippen LogP contribution in [0.15, 0.2) is 12.2 Å². The molecule has 0 aromatic rings. The van der Waals surface area contributed by atoms with Crippen LogP contribution >= 0.6 is 0 Å². The zero-order chi connectivity index (χ0) is 8.65. The smallest absolute Gasteiger partial charge is 0.0233 e. The summed E-state index contributed by atoms with van der Waals surface area (Å²) in [6, 6.07) is 0. The van der Waals surface area contributed by atoms with E-state index in [4.69, 9.17) is 0 Å². The molecule has 1 atom stereocenters. The lowest BCUT2D eigenvalue weighted by Gasteiger charge is -2.03. The van der Waals surface area contributed by atoms with Crippen molar-refractivity contribution in [2.24, 2.45) is 5.92 Å². The summed E-state index contributed by atoms with van der Waals surface area (Å²) in [5, 5.41) is 0. The predicted octanol–water partition coefficient (Wildman–Crippen LogP) is 4.13. The SMILES string of the molecule is [CH2]C1/C=C\CCCCCCCC1. The molecular formula is C12H21. The van der Waals surface area contributed by atoms with E-state index in [0.29, 0.717) is 5.92 Å². The summed E-state index contributed by atoms with van der Waals surface area (Å²) in [5.41, 5.74) is 0. The Morgan fingerprint density at radius 1 is 0.917 bits per heavy atom. The van der Waals surface area contributed by atoms with Crippen LogP contribution in [0.4, 0.5) is 0 Å². The van der Waals surface area contributed by atoms with Crippen molar-refractivity contribution >= 4 is 0 Å². The van der Waals surface area contributed by atoms with Crippen molar-refractivity contribution in [3.63, 3.8) is 0 Å². The first-order valence-corrected chi connectivity index (χ1v) is 5.39. The average Bonchev–Trinajstić information content (AvgIpc) is 2.11. The van der Waals surface area contributed by atoms with E-state index in [2.05, 4.69) is 19.1 Å². The van der Waals surface area contributed by atoms with Crippen LogP contribution in [-0.2, 0) is 0 Å². The Hall–Kier alpha value is -0.260. The minimum Gasteiger partial charge on any atom is -0.0883 e. The van der Waals surface area contributed by atoms with Gasteiger partial charge in [0.05, 0.1) is 0 Å². The van der Waals surface area contributed by atoms with Gasteiger partial charge in [-0.15, -0.1) is 0 Å². The van der Waals surface area contributed by atoms with Crippen LogP contribution in [0.5, 0.6) is 0 Å². The molecule has 0 aliphatic heterocycles. The molecule has 0 N–H and O–H groups in total. The molecule has 69 valence electrons. The van der Waals surface area contributed by atoms with Crippen LogP contribution < -0.4 is 0 Å². The lowest BCUT2D eigenvalue weighted by Crippen LogP contribution is -1.89. The number of allylic oxidation sites excluding steroid dienone is 2. The van der Waals surface area contributed by atoms with Crippen molar-refractivity contribution < 1.29 is 0 Å². The average molecular weight is 165 g/mol. The molecule has 0 saturated heterocycles. The van der Waals surface area contributed by atoms with Gasteiger partial charge in [-0.1, -0.05) is 44.3 Å². The molecule has 0 fully saturated rings. The van der Waals surface area contributed by atoms with Crippen molar-refractivity contribution in [3.8, 4) is 0 Å². The molecule has 0 nitrogen and oxygen atoms in total. The molecule has 0 heterocycles. The molecule has 0 spiro atoms. The quantitative estimate of drug-likeness (QED) is 0.473. The van der Waals surface area contributed by atoms with E-state index in [0.717, 1.165) is 0 Å². The van der Waals surface area contributed by atoms with Crippen LogP contribution in [0.3, 0.4) is 0 Å². The molecule has 1 unspecified atom stereocenters. The highest BCUT2D eigenvalue weighted by atomic mass is 14.0. The number of hydrogen-bond acceptors (Lipinski definition) is 0. The van der Waals surface area contributed by atoms with Crippen LogP contribution in [-0.4, -0.2) is 0 Å². The molecule has 0 heteroatoms. The highest BCUT2D eigenvalue weighted by Gasteiger charge is 1.98. The van der Waals surface area contributed by atoms with Crippen LogP contribution in [0, 0.1) is 12.8 Å². The molecule has 1 radical (unpaired) electrons. The molecule has 12 heavy (non-hydrogen) atoms. The fraction of sp³-hybridized carbons (Fsp3) is 0.750. The Kier molecular flexibility index (Phi) is 5.14. The highest BCUT2D eigenvalue weighted by molar-refractivity contribution is 4.89. The van der Waals surface area contributed by atoms with Gasteiger partial charge in [-0.2, -0.15) is 0 Å². The first-order chi connectivity index (χ1) is 5.89. The first-order valence-electron chi connectivity index (χ1n) is 5.39. The first kappa shape index (κ1) is 9.83. The second kappa shape index (κ2) is 6.28. The standard InChI is InChI=1S/C12H21/c1-12-10-8-6-4-2-3-5-7-9-11-12/h8,10,12H,1-7,9,11H2/b10-8-. The summed E-state index contributed by atoms with van der Waals surface area (Å²) in [4.78, 5) is 0. The molecule has 0 aromatic carbocycles. The molecule has 0 saturated carbocycles. The van der Waals surface area contributed by atoms with E-state index < -0.39 is 0 Å². The van der Waals surface area contributed by atoms with Gasteiger partial charge in [0.15, 0.2) is 0 Å². The zero-order valence-corrected chi connectivity index (χ0v) is 8.10.